The molecule has 2 heteroatoms. The first-order chi connectivity index (χ1) is 2.27. The van der Waals surface area contributed by atoms with Crippen LogP contribution in [0.4, 0.5) is 0 Å². The zero-order valence-corrected chi connectivity index (χ0v) is 3.46. The maximum atomic E-state index is 9.52. The van der Waals surface area contributed by atoms with Crippen LogP contribution in [0.1, 0.15) is 6.42 Å². The highest BCUT2D eigenvalue weighted by Crippen LogP contribution is 1.80. The van der Waals surface area contributed by atoms with Crippen LogP contribution < -0.4 is 0 Å². The maximum Gasteiger partial charge on any atom is 0.265 e. The molecule has 0 fully saturated rings. The van der Waals surface area contributed by atoms with Crippen LogP contribution in [0, 0.1) is 6.92 Å². The van der Waals surface area contributed by atoms with E-state index in [2.05, 4.69) is 6.92 Å². The van der Waals surface area contributed by atoms with E-state index in [1.54, 1.807) is 0 Å². The second-order valence-corrected chi connectivity index (χ2v) is 1.03. The van der Waals surface area contributed by atoms with Gasteiger partial charge in [-0.2, -0.15) is 0 Å². The Balaban J connectivity index is 2.85. The van der Waals surface area contributed by atoms with Crippen molar-refractivity contribution >= 4 is 16.8 Å². The van der Waals surface area contributed by atoms with Gasteiger partial charge < -0.3 is 0 Å². The lowest BCUT2D eigenvalue weighted by atomic mass is 10.6. The van der Waals surface area contributed by atoms with E-state index >= 15 is 0 Å². The monoisotopic (exact) mass is 91.0 g/mol. The molecule has 5 heavy (non-hydrogen) atoms. The predicted molar refractivity (Wildman–Crippen MR) is 20.8 cm³/mol. The molecule has 0 rings (SSSR count). The van der Waals surface area contributed by atoms with E-state index in [1.165, 1.54) is 0 Å². The van der Waals surface area contributed by atoms with E-state index in [-0.39, 0.29) is 11.7 Å². The Morgan fingerprint density at radius 2 is 2.20 bits per heavy atom. The van der Waals surface area contributed by atoms with Gasteiger partial charge in [0.05, 0.1) is 6.92 Å². The third-order valence-corrected chi connectivity index (χ3v) is 0.386. The summed E-state index contributed by atoms with van der Waals surface area (Å²) in [4.78, 5) is 9.52. The largest absolute Gasteiger partial charge is 0.276 e. The summed E-state index contributed by atoms with van der Waals surface area (Å²) in [6.45, 7) is 3.20. The van der Waals surface area contributed by atoms with Gasteiger partial charge in [0.15, 0.2) is 6.42 Å². The van der Waals surface area contributed by atoms with Crippen molar-refractivity contribution in [2.75, 3.05) is 0 Å². The second kappa shape index (κ2) is 2.09. The molecule has 0 spiro atoms. The molecule has 0 aliphatic heterocycles. The number of hydrogen-bond donors (Lipinski definition) is 0. The van der Waals surface area contributed by atoms with Crippen molar-refractivity contribution in [3.05, 3.63) is 6.92 Å². The Hall–Kier alpha value is -0.170. The topological polar surface area (TPSA) is 17.1 Å². The lowest BCUT2D eigenvalue weighted by Crippen LogP contribution is -1.75. The lowest BCUT2D eigenvalue weighted by molar-refractivity contribution is -0.111. The lowest BCUT2D eigenvalue weighted by Gasteiger charge is -1.60. The zero-order chi connectivity index (χ0) is 4.28. The highest BCUT2D eigenvalue weighted by atomic mass is 35.5. The fourth-order valence-electron chi connectivity index (χ4n) is 0. The maximum absolute atomic E-state index is 9.52. The molecule has 0 amide bonds. The molecule has 0 heterocycles. The molecule has 0 aliphatic carbocycles. The summed E-state index contributed by atoms with van der Waals surface area (Å²) in [5, 5.41) is -0.384. The van der Waals surface area contributed by atoms with Crippen LogP contribution in [-0.4, -0.2) is 5.24 Å². The molecule has 0 bridgehead atoms. The fourth-order valence-corrected chi connectivity index (χ4v) is 0. The fraction of sp³-hybridized carbons (Fsp3) is 0.333. The predicted octanol–water partition coefficient (Wildman–Crippen LogP) is 0.976. The van der Waals surface area contributed by atoms with E-state index < -0.39 is 0 Å². The number of carbonyl (C=O) groups is 1. The number of halogens is 1. The molecule has 0 N–H and O–H groups in total. The molecular weight excluding hydrogens is 87.5 g/mol. The van der Waals surface area contributed by atoms with Crippen molar-refractivity contribution in [2.45, 2.75) is 6.42 Å². The zero-order valence-electron chi connectivity index (χ0n) is 2.70. The molecule has 0 atom stereocenters. The van der Waals surface area contributed by atoms with Crippen LogP contribution in [0.15, 0.2) is 0 Å². The van der Waals surface area contributed by atoms with Gasteiger partial charge in [-0.25, -0.2) is 0 Å². The molecule has 0 aromatic rings. The van der Waals surface area contributed by atoms with Gasteiger partial charge in [0.1, 0.15) is 0 Å². The van der Waals surface area contributed by atoms with Gasteiger partial charge in [-0.1, -0.05) is 0 Å². The summed E-state index contributed by atoms with van der Waals surface area (Å²) >= 11 is 4.76. The summed E-state index contributed by atoms with van der Waals surface area (Å²) in [5.41, 5.74) is 0. The Morgan fingerprint density at radius 3 is 2.20 bits per heavy atom. The van der Waals surface area contributed by atoms with Crippen LogP contribution in [0.5, 0.6) is 0 Å². The van der Waals surface area contributed by atoms with Crippen LogP contribution >= 0.6 is 11.6 Å². The highest BCUT2D eigenvalue weighted by Gasteiger charge is 1.88. The minimum Gasteiger partial charge on any atom is -0.276 e. The van der Waals surface area contributed by atoms with Crippen molar-refractivity contribution in [3.8, 4) is 0 Å². The Labute approximate surface area is 35.9 Å². The van der Waals surface area contributed by atoms with Crippen molar-refractivity contribution in [1.29, 1.82) is 0 Å². The molecule has 0 aliphatic rings. The number of hydrogen-bond acceptors (Lipinski definition) is 1. The highest BCUT2D eigenvalue weighted by molar-refractivity contribution is 6.63. The average molecular weight is 91.5 g/mol. The third-order valence-electron chi connectivity index (χ3n) is 0.197. The molecule has 0 aromatic heterocycles. The molecule has 0 radical (unpaired) electrons. The molecule has 0 saturated heterocycles. The van der Waals surface area contributed by atoms with Crippen LogP contribution in [0.2, 0.25) is 0 Å². The molecule has 0 aromatic carbocycles. The van der Waals surface area contributed by atoms with Gasteiger partial charge in [0, 0.05) is 0 Å². The van der Waals surface area contributed by atoms with E-state index in [9.17, 15) is 4.79 Å². The smallest absolute Gasteiger partial charge is 0.265 e. The first-order valence-corrected chi connectivity index (χ1v) is 1.62. The van der Waals surface area contributed by atoms with Gasteiger partial charge >= 0.3 is 0 Å². The van der Waals surface area contributed by atoms with E-state index in [0.29, 0.717) is 0 Å². The molecular formula is C3H4ClO+. The third kappa shape index (κ3) is 3.83. The van der Waals surface area contributed by atoms with E-state index in [0.717, 1.165) is 0 Å². The summed E-state index contributed by atoms with van der Waals surface area (Å²) in [7, 11) is 0. The summed E-state index contributed by atoms with van der Waals surface area (Å²) in [6.07, 6.45) is 0.182. The summed E-state index contributed by atoms with van der Waals surface area (Å²) < 4.78 is 0. The van der Waals surface area contributed by atoms with Gasteiger partial charge in [0.25, 0.3) is 5.24 Å². The van der Waals surface area contributed by atoms with E-state index in [1.807, 2.05) is 0 Å². The van der Waals surface area contributed by atoms with Crippen molar-refractivity contribution in [3.63, 3.8) is 0 Å². The average Bonchev–Trinajstić information content (AvgIpc) is 1.38. The van der Waals surface area contributed by atoms with Gasteiger partial charge in [-0.3, -0.25) is 4.79 Å². The summed E-state index contributed by atoms with van der Waals surface area (Å²) in [6, 6.07) is 0. The van der Waals surface area contributed by atoms with Gasteiger partial charge in [-0.15, -0.1) is 0 Å². The van der Waals surface area contributed by atoms with Crippen molar-refractivity contribution < 1.29 is 4.79 Å². The van der Waals surface area contributed by atoms with Crippen molar-refractivity contribution in [1.82, 2.24) is 0 Å². The second-order valence-electron chi connectivity index (χ2n) is 0.605. The molecule has 0 saturated carbocycles. The van der Waals surface area contributed by atoms with Gasteiger partial charge in [0.2, 0.25) is 0 Å². The SMILES string of the molecule is [CH2+]CC(=O)Cl. The first-order valence-electron chi connectivity index (χ1n) is 1.25. The van der Waals surface area contributed by atoms with E-state index in [4.69, 9.17) is 11.6 Å². The standard InChI is InChI=1S/C3H4ClO/c1-2-3(4)5/h1-2H2/q+1. The van der Waals surface area contributed by atoms with Crippen LogP contribution in [0.25, 0.3) is 0 Å². The number of rotatable bonds is 1. The Bertz CT molecular complexity index is 42.2. The normalized spacial score (nSPS) is 7.40. The Kier molecular flexibility index (Phi) is 2.02. The molecule has 0 unspecified atom stereocenters. The van der Waals surface area contributed by atoms with Crippen LogP contribution in [0.3, 0.4) is 0 Å². The number of carbonyl (C=O) groups excluding carboxylic acids is 1. The first kappa shape index (κ1) is 4.83. The van der Waals surface area contributed by atoms with Gasteiger partial charge in [-0.05, 0) is 11.6 Å². The minimum atomic E-state index is -0.384. The molecule has 28 valence electrons. The quantitative estimate of drug-likeness (QED) is 0.347. The van der Waals surface area contributed by atoms with Crippen LogP contribution in [-0.2, 0) is 4.79 Å². The Morgan fingerprint density at radius 1 is 2.00 bits per heavy atom. The van der Waals surface area contributed by atoms with Crippen molar-refractivity contribution in [2.24, 2.45) is 0 Å². The molecule has 1 nitrogen and oxygen atoms in total. The summed E-state index contributed by atoms with van der Waals surface area (Å²) in [5.74, 6) is 0. The minimum absolute atomic E-state index is 0.182.